The van der Waals surface area contributed by atoms with Crippen LogP contribution in [-0.4, -0.2) is 24.5 Å². The summed E-state index contributed by atoms with van der Waals surface area (Å²) < 4.78 is 0. The summed E-state index contributed by atoms with van der Waals surface area (Å²) in [6, 6.07) is 9.71. The first-order chi connectivity index (χ1) is 9.08. The van der Waals surface area contributed by atoms with Crippen molar-refractivity contribution in [2.75, 3.05) is 13.6 Å². The minimum absolute atomic E-state index is 0.131. The Bertz CT molecular complexity index is 377. The number of nitrogens with two attached hydrogens (primary N) is 1. The molecule has 0 saturated heterocycles. The van der Waals surface area contributed by atoms with Crippen molar-refractivity contribution in [2.24, 2.45) is 5.73 Å². The first-order valence-corrected chi connectivity index (χ1v) is 7.63. The Hall–Kier alpha value is -0.860. The molecule has 2 heteroatoms. The van der Waals surface area contributed by atoms with Gasteiger partial charge in [-0.15, -0.1) is 0 Å². The highest BCUT2D eigenvalue weighted by Crippen LogP contribution is 2.24. The molecule has 2 N–H and O–H groups in total. The van der Waals surface area contributed by atoms with Gasteiger partial charge in [0.05, 0.1) is 0 Å². The zero-order chi connectivity index (χ0) is 13.8. The molecule has 0 aromatic heterocycles. The summed E-state index contributed by atoms with van der Waals surface area (Å²) in [4.78, 5) is 2.45. The molecule has 0 spiro atoms. The van der Waals surface area contributed by atoms with Crippen LogP contribution < -0.4 is 5.73 Å². The van der Waals surface area contributed by atoms with E-state index in [0.717, 1.165) is 12.6 Å². The van der Waals surface area contributed by atoms with Gasteiger partial charge in [0, 0.05) is 18.6 Å². The lowest BCUT2D eigenvalue weighted by Gasteiger charge is -2.27. The third-order valence-corrected chi connectivity index (χ3v) is 4.46. The summed E-state index contributed by atoms with van der Waals surface area (Å²) in [7, 11) is 2.22. The maximum absolute atomic E-state index is 6.35. The van der Waals surface area contributed by atoms with Crippen LogP contribution in [0.5, 0.6) is 0 Å². The van der Waals surface area contributed by atoms with Gasteiger partial charge < -0.3 is 10.6 Å². The molecule has 1 aromatic carbocycles. The van der Waals surface area contributed by atoms with Crippen molar-refractivity contribution >= 4 is 0 Å². The largest absolute Gasteiger partial charge is 0.323 e. The van der Waals surface area contributed by atoms with Gasteiger partial charge in [0.1, 0.15) is 0 Å². The molecule has 1 fully saturated rings. The molecular formula is C17H28N2. The van der Waals surface area contributed by atoms with Gasteiger partial charge in [0.2, 0.25) is 0 Å². The molecule has 1 aliphatic rings. The summed E-state index contributed by atoms with van der Waals surface area (Å²) in [5.41, 5.74) is 9.00. The van der Waals surface area contributed by atoms with Gasteiger partial charge in [0.15, 0.2) is 0 Å². The lowest BCUT2D eigenvalue weighted by atomic mass is 9.99. The molecule has 106 valence electrons. The molecule has 1 unspecified atom stereocenters. The van der Waals surface area contributed by atoms with E-state index in [4.69, 9.17) is 5.73 Å². The Morgan fingerprint density at radius 1 is 1.11 bits per heavy atom. The average molecular weight is 260 g/mol. The smallest absolute Gasteiger partial charge is 0.0424 e. The van der Waals surface area contributed by atoms with Crippen molar-refractivity contribution in [1.82, 2.24) is 4.90 Å². The molecule has 1 saturated carbocycles. The quantitative estimate of drug-likeness (QED) is 0.875. The molecule has 1 atom stereocenters. The zero-order valence-corrected chi connectivity index (χ0v) is 12.6. The summed E-state index contributed by atoms with van der Waals surface area (Å²) in [6.45, 7) is 5.41. The number of hydrogen-bond acceptors (Lipinski definition) is 2. The Morgan fingerprint density at radius 3 is 2.16 bits per heavy atom. The van der Waals surface area contributed by atoms with Gasteiger partial charge in [-0.3, -0.25) is 0 Å². The standard InChI is InChI=1S/C17H28N2/c1-13(2)14-8-10-15(11-9-14)17(18)12-19(3)16-6-4-5-7-16/h8-11,13,16-17H,4-7,12,18H2,1-3H3. The lowest BCUT2D eigenvalue weighted by molar-refractivity contribution is 0.231. The second kappa shape index (κ2) is 6.53. The van der Waals surface area contributed by atoms with E-state index in [-0.39, 0.29) is 6.04 Å². The van der Waals surface area contributed by atoms with E-state index in [2.05, 4.69) is 50.1 Å². The molecule has 1 aromatic rings. The summed E-state index contributed by atoms with van der Waals surface area (Å²) in [5, 5.41) is 0. The minimum Gasteiger partial charge on any atom is -0.323 e. The van der Waals surface area contributed by atoms with Crippen LogP contribution in [0.2, 0.25) is 0 Å². The van der Waals surface area contributed by atoms with Gasteiger partial charge in [-0.2, -0.15) is 0 Å². The van der Waals surface area contributed by atoms with E-state index in [9.17, 15) is 0 Å². The van der Waals surface area contributed by atoms with Crippen LogP contribution in [0.4, 0.5) is 0 Å². The van der Waals surface area contributed by atoms with Crippen LogP contribution in [0.25, 0.3) is 0 Å². The molecule has 0 heterocycles. The second-order valence-electron chi connectivity index (χ2n) is 6.31. The van der Waals surface area contributed by atoms with Gasteiger partial charge in [-0.25, -0.2) is 0 Å². The lowest BCUT2D eigenvalue weighted by Crippen LogP contribution is -2.35. The van der Waals surface area contributed by atoms with Crippen molar-refractivity contribution in [2.45, 2.75) is 57.5 Å². The third-order valence-electron chi connectivity index (χ3n) is 4.46. The maximum atomic E-state index is 6.35. The predicted octanol–water partition coefficient (Wildman–Crippen LogP) is 3.68. The monoisotopic (exact) mass is 260 g/mol. The highest BCUT2D eigenvalue weighted by Gasteiger charge is 2.21. The summed E-state index contributed by atoms with van der Waals surface area (Å²) in [6.07, 6.45) is 5.45. The van der Waals surface area contributed by atoms with E-state index >= 15 is 0 Å². The first-order valence-electron chi connectivity index (χ1n) is 7.63. The van der Waals surface area contributed by atoms with Gasteiger partial charge in [-0.05, 0) is 36.9 Å². The summed E-state index contributed by atoms with van der Waals surface area (Å²) in [5.74, 6) is 0.589. The molecule has 2 rings (SSSR count). The Kier molecular flexibility index (Phi) is 5.00. The van der Waals surface area contributed by atoms with Crippen molar-refractivity contribution in [3.8, 4) is 0 Å². The SMILES string of the molecule is CC(C)c1ccc(C(N)CN(C)C2CCCC2)cc1. The van der Waals surface area contributed by atoms with Crippen molar-refractivity contribution < 1.29 is 0 Å². The van der Waals surface area contributed by atoms with Crippen molar-refractivity contribution in [3.05, 3.63) is 35.4 Å². The third kappa shape index (κ3) is 3.80. The van der Waals surface area contributed by atoms with E-state index < -0.39 is 0 Å². The molecular weight excluding hydrogens is 232 g/mol. The van der Waals surface area contributed by atoms with Crippen LogP contribution >= 0.6 is 0 Å². The van der Waals surface area contributed by atoms with Gasteiger partial charge >= 0.3 is 0 Å². The molecule has 0 amide bonds. The predicted molar refractivity (Wildman–Crippen MR) is 82.3 cm³/mol. The fourth-order valence-electron chi connectivity index (χ4n) is 3.04. The van der Waals surface area contributed by atoms with E-state index in [1.165, 1.54) is 36.8 Å². The Labute approximate surface area is 118 Å². The second-order valence-corrected chi connectivity index (χ2v) is 6.31. The fraction of sp³-hybridized carbons (Fsp3) is 0.647. The molecule has 0 aliphatic heterocycles. The van der Waals surface area contributed by atoms with E-state index in [0.29, 0.717) is 5.92 Å². The number of likely N-dealkylation sites (N-methyl/N-ethyl adjacent to an activating group) is 1. The number of benzene rings is 1. The van der Waals surface area contributed by atoms with E-state index in [1.807, 2.05) is 0 Å². The number of nitrogens with zero attached hydrogens (tertiary/aromatic N) is 1. The average Bonchev–Trinajstić information content (AvgIpc) is 2.92. The van der Waals surface area contributed by atoms with Crippen LogP contribution in [-0.2, 0) is 0 Å². The highest BCUT2D eigenvalue weighted by atomic mass is 15.1. The summed E-state index contributed by atoms with van der Waals surface area (Å²) >= 11 is 0. The molecule has 0 bridgehead atoms. The first kappa shape index (κ1) is 14.5. The normalized spacial score (nSPS) is 18.4. The van der Waals surface area contributed by atoms with Crippen LogP contribution in [0.3, 0.4) is 0 Å². The highest BCUT2D eigenvalue weighted by molar-refractivity contribution is 5.26. The van der Waals surface area contributed by atoms with Gasteiger partial charge in [0.25, 0.3) is 0 Å². The van der Waals surface area contributed by atoms with Crippen LogP contribution in [0.15, 0.2) is 24.3 Å². The minimum atomic E-state index is 0.131. The zero-order valence-electron chi connectivity index (χ0n) is 12.6. The van der Waals surface area contributed by atoms with Crippen molar-refractivity contribution in [3.63, 3.8) is 0 Å². The number of hydrogen-bond donors (Lipinski definition) is 1. The molecule has 19 heavy (non-hydrogen) atoms. The van der Waals surface area contributed by atoms with Crippen molar-refractivity contribution in [1.29, 1.82) is 0 Å². The van der Waals surface area contributed by atoms with Crippen LogP contribution in [0.1, 0.15) is 62.6 Å². The molecule has 1 aliphatic carbocycles. The number of rotatable bonds is 5. The molecule has 0 radical (unpaired) electrons. The van der Waals surface area contributed by atoms with Crippen LogP contribution in [0, 0.1) is 0 Å². The topological polar surface area (TPSA) is 29.3 Å². The van der Waals surface area contributed by atoms with E-state index in [1.54, 1.807) is 0 Å². The molecule has 2 nitrogen and oxygen atoms in total. The fourth-order valence-corrected chi connectivity index (χ4v) is 3.04. The Balaban J connectivity index is 1.93. The Morgan fingerprint density at radius 2 is 1.63 bits per heavy atom. The van der Waals surface area contributed by atoms with Gasteiger partial charge in [-0.1, -0.05) is 51.0 Å². The maximum Gasteiger partial charge on any atom is 0.0424 e.